The van der Waals surface area contributed by atoms with Gasteiger partial charge in [-0.2, -0.15) is 0 Å². The van der Waals surface area contributed by atoms with Crippen molar-refractivity contribution in [3.05, 3.63) is 23.5 Å². The number of aliphatic hydroxyl groups excluding tert-OH is 1. The molecule has 18 heavy (non-hydrogen) atoms. The van der Waals surface area contributed by atoms with Gasteiger partial charge in [0.2, 0.25) is 0 Å². The maximum absolute atomic E-state index is 11.3. The maximum Gasteiger partial charge on any atom is 0.354 e. The second-order valence-corrected chi connectivity index (χ2v) is 4.97. The van der Waals surface area contributed by atoms with Crippen molar-refractivity contribution >= 4 is 5.97 Å². The summed E-state index contributed by atoms with van der Waals surface area (Å²) in [4.78, 5) is 14.3. The molecule has 1 fully saturated rings. The molecule has 1 aromatic rings. The summed E-state index contributed by atoms with van der Waals surface area (Å²) in [5.74, 6) is -0.347. The molecule has 0 aromatic carbocycles. The minimum absolute atomic E-state index is 0.261. The van der Waals surface area contributed by atoms with Crippen molar-refractivity contribution in [1.82, 2.24) is 10.3 Å². The normalized spacial score (nSPS) is 16.6. The Morgan fingerprint density at radius 1 is 1.56 bits per heavy atom. The van der Waals surface area contributed by atoms with Crippen molar-refractivity contribution in [2.45, 2.75) is 25.8 Å². The molecule has 5 nitrogen and oxygen atoms in total. The standard InChI is InChI=1S/C13H20N2O3/c1-18-12(17)11-3-2-10(15-11)8-14-9-13(4-5-13)6-7-16/h2-3,14-16H,4-9H2,1H3. The molecule has 0 atom stereocenters. The number of rotatable bonds is 7. The van der Waals surface area contributed by atoms with Crippen LogP contribution in [-0.4, -0.2) is 36.3 Å². The Kier molecular flexibility index (Phi) is 4.04. The first kappa shape index (κ1) is 13.1. The van der Waals surface area contributed by atoms with Gasteiger partial charge in [-0.1, -0.05) is 0 Å². The van der Waals surface area contributed by atoms with E-state index in [1.807, 2.05) is 6.07 Å². The summed E-state index contributed by atoms with van der Waals surface area (Å²) in [6.45, 7) is 1.88. The third-order valence-corrected chi connectivity index (χ3v) is 3.57. The lowest BCUT2D eigenvalue weighted by Crippen LogP contribution is -2.24. The van der Waals surface area contributed by atoms with Gasteiger partial charge < -0.3 is 20.1 Å². The smallest absolute Gasteiger partial charge is 0.354 e. The highest BCUT2D eigenvalue weighted by atomic mass is 16.5. The number of esters is 1. The van der Waals surface area contributed by atoms with Crippen LogP contribution in [0.4, 0.5) is 0 Å². The Hall–Kier alpha value is -1.33. The van der Waals surface area contributed by atoms with Crippen LogP contribution in [0.5, 0.6) is 0 Å². The van der Waals surface area contributed by atoms with E-state index < -0.39 is 0 Å². The van der Waals surface area contributed by atoms with Crippen molar-refractivity contribution in [3.63, 3.8) is 0 Å². The number of nitrogens with one attached hydrogen (secondary N) is 2. The molecule has 0 aliphatic heterocycles. The number of hydrogen-bond donors (Lipinski definition) is 3. The molecule has 1 saturated carbocycles. The molecule has 1 aromatic heterocycles. The molecule has 1 heterocycles. The van der Waals surface area contributed by atoms with E-state index in [0.29, 0.717) is 17.7 Å². The van der Waals surface area contributed by atoms with Crippen LogP contribution >= 0.6 is 0 Å². The summed E-state index contributed by atoms with van der Waals surface area (Å²) in [5.41, 5.74) is 1.76. The average Bonchev–Trinajstić information content (AvgIpc) is 2.96. The van der Waals surface area contributed by atoms with Gasteiger partial charge in [0.25, 0.3) is 0 Å². The van der Waals surface area contributed by atoms with E-state index in [1.54, 1.807) is 6.07 Å². The summed E-state index contributed by atoms with van der Waals surface area (Å²) < 4.78 is 4.63. The van der Waals surface area contributed by atoms with Crippen LogP contribution in [0.3, 0.4) is 0 Å². The Bertz CT molecular complexity index is 410. The lowest BCUT2D eigenvalue weighted by Gasteiger charge is -2.13. The first-order chi connectivity index (χ1) is 8.69. The van der Waals surface area contributed by atoms with Gasteiger partial charge in [0.1, 0.15) is 5.69 Å². The fourth-order valence-electron chi connectivity index (χ4n) is 2.16. The van der Waals surface area contributed by atoms with Crippen molar-refractivity contribution in [3.8, 4) is 0 Å². The topological polar surface area (TPSA) is 74.3 Å². The SMILES string of the molecule is COC(=O)c1ccc(CNCC2(CCO)CC2)[nH]1. The van der Waals surface area contributed by atoms with Gasteiger partial charge >= 0.3 is 5.97 Å². The van der Waals surface area contributed by atoms with Crippen molar-refractivity contribution in [1.29, 1.82) is 0 Å². The van der Waals surface area contributed by atoms with E-state index in [1.165, 1.54) is 20.0 Å². The van der Waals surface area contributed by atoms with Crippen LogP contribution in [0.25, 0.3) is 0 Å². The molecule has 5 heteroatoms. The number of carbonyl (C=O) groups excluding carboxylic acids is 1. The Labute approximate surface area is 107 Å². The highest BCUT2D eigenvalue weighted by Crippen LogP contribution is 2.47. The van der Waals surface area contributed by atoms with Gasteiger partial charge in [0, 0.05) is 25.4 Å². The number of carbonyl (C=O) groups is 1. The molecule has 1 aliphatic rings. The quantitative estimate of drug-likeness (QED) is 0.634. The van der Waals surface area contributed by atoms with Crippen LogP contribution in [0.1, 0.15) is 35.4 Å². The number of methoxy groups -OCH3 is 1. The first-order valence-electron chi connectivity index (χ1n) is 6.27. The second kappa shape index (κ2) is 5.54. The highest BCUT2D eigenvalue weighted by Gasteiger charge is 2.41. The predicted molar refractivity (Wildman–Crippen MR) is 67.2 cm³/mol. The zero-order chi connectivity index (χ0) is 13.0. The largest absolute Gasteiger partial charge is 0.464 e. The number of H-pyrrole nitrogens is 1. The Morgan fingerprint density at radius 3 is 2.94 bits per heavy atom. The molecule has 3 N–H and O–H groups in total. The molecule has 0 amide bonds. The van der Waals surface area contributed by atoms with Gasteiger partial charge in [-0.15, -0.1) is 0 Å². The molecule has 0 radical (unpaired) electrons. The van der Waals surface area contributed by atoms with E-state index in [-0.39, 0.29) is 12.6 Å². The summed E-state index contributed by atoms with van der Waals surface area (Å²) in [6.07, 6.45) is 3.26. The van der Waals surface area contributed by atoms with E-state index in [9.17, 15) is 4.79 Å². The van der Waals surface area contributed by atoms with E-state index >= 15 is 0 Å². The number of aromatic nitrogens is 1. The van der Waals surface area contributed by atoms with Gasteiger partial charge in [-0.05, 0) is 36.8 Å². The molecular formula is C13H20N2O3. The average molecular weight is 252 g/mol. The Balaban J connectivity index is 1.77. The molecule has 100 valence electrons. The minimum Gasteiger partial charge on any atom is -0.464 e. The summed E-state index contributed by atoms with van der Waals surface area (Å²) in [7, 11) is 1.37. The van der Waals surface area contributed by atoms with Gasteiger partial charge in [0.05, 0.1) is 7.11 Å². The van der Waals surface area contributed by atoms with Crippen LogP contribution < -0.4 is 5.32 Å². The fourth-order valence-corrected chi connectivity index (χ4v) is 2.16. The van der Waals surface area contributed by atoms with Crippen LogP contribution in [0, 0.1) is 5.41 Å². The lowest BCUT2D eigenvalue weighted by molar-refractivity contribution is 0.0594. The van der Waals surface area contributed by atoms with E-state index in [0.717, 1.165) is 18.7 Å². The molecule has 0 spiro atoms. The van der Waals surface area contributed by atoms with Crippen molar-refractivity contribution in [2.75, 3.05) is 20.3 Å². The van der Waals surface area contributed by atoms with Crippen LogP contribution in [0.2, 0.25) is 0 Å². The van der Waals surface area contributed by atoms with Crippen molar-refractivity contribution in [2.24, 2.45) is 5.41 Å². The monoisotopic (exact) mass is 252 g/mol. The Morgan fingerprint density at radius 2 is 2.33 bits per heavy atom. The fraction of sp³-hybridized carbons (Fsp3) is 0.615. The highest BCUT2D eigenvalue weighted by molar-refractivity contribution is 5.87. The first-order valence-corrected chi connectivity index (χ1v) is 6.27. The molecule has 0 bridgehead atoms. The van der Waals surface area contributed by atoms with E-state index in [4.69, 9.17) is 5.11 Å². The molecule has 1 aliphatic carbocycles. The summed E-state index contributed by atoms with van der Waals surface area (Å²) >= 11 is 0. The van der Waals surface area contributed by atoms with Crippen molar-refractivity contribution < 1.29 is 14.6 Å². The predicted octanol–water partition coefficient (Wildman–Crippen LogP) is 1.05. The molecule has 0 saturated heterocycles. The van der Waals surface area contributed by atoms with Gasteiger partial charge in [-0.3, -0.25) is 0 Å². The molecular weight excluding hydrogens is 232 g/mol. The van der Waals surface area contributed by atoms with Crippen LogP contribution in [0.15, 0.2) is 12.1 Å². The van der Waals surface area contributed by atoms with E-state index in [2.05, 4.69) is 15.0 Å². The minimum atomic E-state index is -0.347. The molecule has 2 rings (SSSR count). The van der Waals surface area contributed by atoms with Gasteiger partial charge in [-0.25, -0.2) is 4.79 Å². The number of hydrogen-bond acceptors (Lipinski definition) is 4. The second-order valence-electron chi connectivity index (χ2n) is 4.97. The third kappa shape index (κ3) is 3.11. The summed E-state index contributed by atoms with van der Waals surface area (Å²) in [5, 5.41) is 12.3. The summed E-state index contributed by atoms with van der Waals surface area (Å²) in [6, 6.07) is 3.61. The lowest BCUT2D eigenvalue weighted by atomic mass is 10.0. The molecule has 0 unspecified atom stereocenters. The zero-order valence-electron chi connectivity index (χ0n) is 10.7. The number of ether oxygens (including phenoxy) is 1. The van der Waals surface area contributed by atoms with Crippen LogP contribution in [-0.2, 0) is 11.3 Å². The third-order valence-electron chi connectivity index (χ3n) is 3.57. The number of aliphatic hydroxyl groups is 1. The zero-order valence-corrected chi connectivity index (χ0v) is 10.7. The number of aromatic amines is 1. The maximum atomic E-state index is 11.3. The van der Waals surface area contributed by atoms with Gasteiger partial charge in [0.15, 0.2) is 0 Å².